The molecule has 3 rings (SSSR count). The summed E-state index contributed by atoms with van der Waals surface area (Å²) in [6.45, 7) is 0. The number of carbonyl (C=O) groups is 1. The third-order valence-corrected chi connectivity index (χ3v) is 3.88. The third-order valence-electron chi connectivity index (χ3n) is 2.71. The van der Waals surface area contributed by atoms with Crippen molar-refractivity contribution >= 4 is 51.1 Å². The van der Waals surface area contributed by atoms with E-state index >= 15 is 0 Å². The Morgan fingerprint density at radius 1 is 1.11 bits per heavy atom. The molecule has 4 heteroatoms. The minimum absolute atomic E-state index is 0.113. The number of hydrogen-bond acceptors (Lipinski definition) is 3. The summed E-state index contributed by atoms with van der Waals surface area (Å²) < 4.78 is 0.520. The van der Waals surface area contributed by atoms with Gasteiger partial charge in [0, 0.05) is 0 Å². The van der Waals surface area contributed by atoms with Gasteiger partial charge in [0.25, 0.3) is 5.91 Å². The molecule has 88 valence electrons. The van der Waals surface area contributed by atoms with Crippen LogP contribution in [0.4, 0.5) is 0 Å². The molecule has 1 fully saturated rings. The van der Waals surface area contributed by atoms with Crippen molar-refractivity contribution in [3.63, 3.8) is 0 Å². The summed E-state index contributed by atoms with van der Waals surface area (Å²) >= 11 is 6.26. The monoisotopic (exact) mass is 271 g/mol. The summed E-state index contributed by atoms with van der Waals surface area (Å²) in [5.41, 5.74) is 1.01. The lowest BCUT2D eigenvalue weighted by Crippen LogP contribution is -2.17. The molecule has 0 aromatic heterocycles. The van der Waals surface area contributed by atoms with Gasteiger partial charge >= 0.3 is 0 Å². The van der Waals surface area contributed by atoms with Crippen LogP contribution in [0.3, 0.4) is 0 Å². The van der Waals surface area contributed by atoms with Crippen molar-refractivity contribution in [2.45, 2.75) is 0 Å². The number of thioether (sulfide) groups is 1. The van der Waals surface area contributed by atoms with Gasteiger partial charge in [-0.3, -0.25) is 4.79 Å². The molecular formula is C14H9NOS2. The molecule has 0 spiro atoms. The van der Waals surface area contributed by atoms with E-state index in [0.29, 0.717) is 9.23 Å². The van der Waals surface area contributed by atoms with Crippen molar-refractivity contribution in [3.8, 4) is 0 Å². The molecule has 0 bridgehead atoms. The fraction of sp³-hybridized carbons (Fsp3) is 0. The molecule has 1 aliphatic heterocycles. The first kappa shape index (κ1) is 11.4. The van der Waals surface area contributed by atoms with E-state index in [-0.39, 0.29) is 5.91 Å². The number of fused-ring (bicyclic) bond motifs is 1. The summed E-state index contributed by atoms with van der Waals surface area (Å²) in [5.74, 6) is -0.113. The second kappa shape index (κ2) is 4.55. The Bertz CT molecular complexity index is 691. The number of benzene rings is 2. The Morgan fingerprint density at radius 2 is 1.89 bits per heavy atom. The lowest BCUT2D eigenvalue weighted by Gasteiger charge is -1.99. The summed E-state index contributed by atoms with van der Waals surface area (Å²) in [6, 6.07) is 14.3. The number of thiocarbonyl (C=S) groups is 1. The van der Waals surface area contributed by atoms with E-state index in [1.807, 2.05) is 24.3 Å². The van der Waals surface area contributed by atoms with E-state index < -0.39 is 0 Å². The largest absolute Gasteiger partial charge is 0.307 e. The standard InChI is InChI=1S/C14H9NOS2/c16-13-12(18-14(17)15-13)8-9-5-6-10-3-1-2-4-11(10)7-9/h1-8H,(H,15,16,17). The first-order chi connectivity index (χ1) is 8.72. The zero-order valence-electron chi connectivity index (χ0n) is 9.34. The Balaban J connectivity index is 2.02. The lowest BCUT2D eigenvalue weighted by atomic mass is 10.1. The highest BCUT2D eigenvalue weighted by Crippen LogP contribution is 2.26. The molecule has 0 saturated carbocycles. The van der Waals surface area contributed by atoms with Crippen LogP contribution in [-0.2, 0) is 4.79 Å². The molecule has 18 heavy (non-hydrogen) atoms. The first-order valence-electron chi connectivity index (χ1n) is 5.46. The Hall–Kier alpha value is -1.65. The van der Waals surface area contributed by atoms with Crippen LogP contribution in [0.1, 0.15) is 5.56 Å². The molecule has 0 unspecified atom stereocenters. The maximum atomic E-state index is 11.6. The van der Waals surface area contributed by atoms with Gasteiger partial charge in [-0.2, -0.15) is 0 Å². The van der Waals surface area contributed by atoms with E-state index in [9.17, 15) is 4.79 Å². The van der Waals surface area contributed by atoms with Crippen LogP contribution in [0.5, 0.6) is 0 Å². The first-order valence-corrected chi connectivity index (χ1v) is 6.68. The van der Waals surface area contributed by atoms with Gasteiger partial charge < -0.3 is 5.32 Å². The smallest absolute Gasteiger partial charge is 0.263 e. The van der Waals surface area contributed by atoms with Crippen molar-refractivity contribution in [3.05, 3.63) is 52.9 Å². The maximum absolute atomic E-state index is 11.6. The SMILES string of the molecule is O=C1NC(=S)SC1=Cc1ccc2ccccc2c1. The fourth-order valence-electron chi connectivity index (χ4n) is 1.87. The highest BCUT2D eigenvalue weighted by Gasteiger charge is 2.21. The average Bonchev–Trinajstić information content (AvgIpc) is 2.68. The topological polar surface area (TPSA) is 29.1 Å². The van der Waals surface area contributed by atoms with Gasteiger partial charge in [-0.15, -0.1) is 0 Å². The predicted octanol–water partition coefficient (Wildman–Crippen LogP) is 3.33. The van der Waals surface area contributed by atoms with Gasteiger partial charge in [0.15, 0.2) is 0 Å². The van der Waals surface area contributed by atoms with Crippen LogP contribution in [0.15, 0.2) is 47.4 Å². The zero-order valence-corrected chi connectivity index (χ0v) is 11.0. The molecule has 0 radical (unpaired) electrons. The number of amides is 1. The molecule has 1 saturated heterocycles. The van der Waals surface area contributed by atoms with Crippen molar-refractivity contribution in [2.24, 2.45) is 0 Å². The van der Waals surface area contributed by atoms with Crippen molar-refractivity contribution < 1.29 is 4.79 Å². The number of hydrogen-bond donors (Lipinski definition) is 1. The molecule has 1 aliphatic rings. The maximum Gasteiger partial charge on any atom is 0.263 e. The van der Waals surface area contributed by atoms with Gasteiger partial charge in [0.2, 0.25) is 0 Å². The van der Waals surface area contributed by atoms with Gasteiger partial charge in [0.1, 0.15) is 4.32 Å². The second-order valence-electron chi connectivity index (χ2n) is 3.96. The quantitative estimate of drug-likeness (QED) is 0.637. The molecule has 2 aromatic carbocycles. The lowest BCUT2D eigenvalue weighted by molar-refractivity contribution is -0.115. The normalized spacial score (nSPS) is 17.4. The summed E-state index contributed by atoms with van der Waals surface area (Å²) in [7, 11) is 0. The summed E-state index contributed by atoms with van der Waals surface area (Å²) in [6.07, 6.45) is 1.87. The molecule has 1 amide bonds. The van der Waals surface area contributed by atoms with Crippen molar-refractivity contribution in [2.75, 3.05) is 0 Å². The number of rotatable bonds is 1. The van der Waals surface area contributed by atoms with Crippen LogP contribution in [0.25, 0.3) is 16.8 Å². The molecule has 0 atom stereocenters. The average molecular weight is 271 g/mol. The Labute approximate surface area is 114 Å². The number of carbonyl (C=O) groups excluding carboxylic acids is 1. The molecular weight excluding hydrogens is 262 g/mol. The number of nitrogens with one attached hydrogen (secondary N) is 1. The van der Waals surface area contributed by atoms with Crippen LogP contribution in [0.2, 0.25) is 0 Å². The molecule has 1 N–H and O–H groups in total. The highest BCUT2D eigenvalue weighted by molar-refractivity contribution is 8.26. The third kappa shape index (κ3) is 2.17. The van der Waals surface area contributed by atoms with Gasteiger partial charge in [-0.05, 0) is 28.5 Å². The fourth-order valence-corrected chi connectivity index (χ4v) is 2.91. The van der Waals surface area contributed by atoms with Crippen LogP contribution < -0.4 is 5.32 Å². The van der Waals surface area contributed by atoms with Gasteiger partial charge in [-0.25, -0.2) is 0 Å². The van der Waals surface area contributed by atoms with Crippen LogP contribution >= 0.6 is 24.0 Å². The minimum Gasteiger partial charge on any atom is -0.307 e. The second-order valence-corrected chi connectivity index (χ2v) is 5.68. The van der Waals surface area contributed by atoms with Crippen LogP contribution in [0, 0.1) is 0 Å². The molecule has 0 aliphatic carbocycles. The van der Waals surface area contributed by atoms with E-state index in [1.54, 1.807) is 0 Å². The zero-order chi connectivity index (χ0) is 12.5. The predicted molar refractivity (Wildman–Crippen MR) is 80.3 cm³/mol. The molecule has 2 aromatic rings. The van der Waals surface area contributed by atoms with E-state index in [0.717, 1.165) is 10.9 Å². The molecule has 1 heterocycles. The summed E-state index contributed by atoms with van der Waals surface area (Å²) in [4.78, 5) is 12.2. The Kier molecular flexibility index (Phi) is 2.89. The van der Waals surface area contributed by atoms with E-state index in [2.05, 4.69) is 29.6 Å². The van der Waals surface area contributed by atoms with Gasteiger partial charge in [-0.1, -0.05) is 60.4 Å². The minimum atomic E-state index is -0.113. The van der Waals surface area contributed by atoms with Crippen molar-refractivity contribution in [1.29, 1.82) is 0 Å². The van der Waals surface area contributed by atoms with Gasteiger partial charge in [0.05, 0.1) is 4.91 Å². The summed E-state index contributed by atoms with van der Waals surface area (Å²) in [5, 5.41) is 4.97. The van der Waals surface area contributed by atoms with Crippen LogP contribution in [-0.4, -0.2) is 10.2 Å². The molecule has 2 nitrogen and oxygen atoms in total. The van der Waals surface area contributed by atoms with Crippen molar-refractivity contribution in [1.82, 2.24) is 5.32 Å². The highest BCUT2D eigenvalue weighted by atomic mass is 32.2. The van der Waals surface area contributed by atoms with E-state index in [1.165, 1.54) is 17.1 Å². The van der Waals surface area contributed by atoms with E-state index in [4.69, 9.17) is 12.2 Å². The Morgan fingerprint density at radius 3 is 2.61 bits per heavy atom.